The van der Waals surface area contributed by atoms with E-state index in [-0.39, 0.29) is 5.69 Å². The van der Waals surface area contributed by atoms with Crippen LogP contribution in [0.25, 0.3) is 0 Å². The molecule has 0 aliphatic heterocycles. The Bertz CT molecular complexity index is 447. The maximum atomic E-state index is 12.4. The van der Waals surface area contributed by atoms with Crippen molar-refractivity contribution in [2.24, 2.45) is 0 Å². The lowest BCUT2D eigenvalue weighted by Gasteiger charge is -2.30. The van der Waals surface area contributed by atoms with Crippen LogP contribution in [0.15, 0.2) is 18.3 Å². The van der Waals surface area contributed by atoms with Gasteiger partial charge in [0.2, 0.25) is 0 Å². The molecule has 1 heterocycles. The van der Waals surface area contributed by atoms with Gasteiger partial charge in [-0.2, -0.15) is 13.2 Å². The van der Waals surface area contributed by atoms with Gasteiger partial charge < -0.3 is 5.32 Å². The first kappa shape index (κ1) is 16.9. The number of carbonyl (C=O) groups is 1. The third kappa shape index (κ3) is 3.94. The van der Waals surface area contributed by atoms with Gasteiger partial charge in [0.05, 0.1) is 5.56 Å². The average molecular weight is 353 g/mol. The Kier molecular flexibility index (Phi) is 5.56. The topological polar surface area (TPSA) is 42.0 Å². The summed E-state index contributed by atoms with van der Waals surface area (Å²) in [6.07, 6.45) is -2.36. The highest BCUT2D eigenvalue weighted by atomic mass is 79.9. The van der Waals surface area contributed by atoms with E-state index >= 15 is 0 Å². The molecule has 0 aliphatic carbocycles. The van der Waals surface area contributed by atoms with Gasteiger partial charge in [0.1, 0.15) is 5.69 Å². The smallest absolute Gasteiger partial charge is 0.344 e. The second-order valence-corrected chi connectivity index (χ2v) is 5.07. The Morgan fingerprint density at radius 3 is 2.25 bits per heavy atom. The Balaban J connectivity index is 2.88. The highest BCUT2D eigenvalue weighted by Crippen LogP contribution is 2.28. The van der Waals surface area contributed by atoms with Crippen LogP contribution in [0, 0.1) is 0 Å². The van der Waals surface area contributed by atoms with Crippen molar-refractivity contribution < 1.29 is 18.0 Å². The van der Waals surface area contributed by atoms with Crippen LogP contribution in [0.4, 0.5) is 13.2 Å². The van der Waals surface area contributed by atoms with Crippen LogP contribution in [-0.2, 0) is 6.18 Å². The maximum absolute atomic E-state index is 12.4. The largest absolute Gasteiger partial charge is 0.417 e. The molecule has 1 N–H and O–H groups in total. The molecule has 0 spiro atoms. The predicted molar refractivity (Wildman–Crippen MR) is 73.8 cm³/mol. The number of halogens is 4. The minimum absolute atomic E-state index is 0.0229. The molecule has 1 rings (SSSR count). The molecule has 0 atom stereocenters. The van der Waals surface area contributed by atoms with Gasteiger partial charge in [-0.05, 0) is 25.0 Å². The molecule has 1 aromatic heterocycles. The molecule has 7 heteroatoms. The van der Waals surface area contributed by atoms with Crippen molar-refractivity contribution in [3.8, 4) is 0 Å². The number of nitrogens with one attached hydrogen (secondary N) is 1. The highest BCUT2D eigenvalue weighted by Gasteiger charge is 2.32. The number of alkyl halides is 4. The molecule has 0 saturated heterocycles. The third-order valence-electron chi connectivity index (χ3n) is 3.31. The number of nitrogens with zero attached hydrogens (tertiary/aromatic N) is 1. The van der Waals surface area contributed by atoms with Crippen LogP contribution in [0.2, 0.25) is 0 Å². The van der Waals surface area contributed by atoms with E-state index in [9.17, 15) is 18.0 Å². The maximum Gasteiger partial charge on any atom is 0.417 e. The lowest BCUT2D eigenvalue weighted by atomic mass is 9.95. The van der Waals surface area contributed by atoms with E-state index in [0.717, 1.165) is 12.1 Å². The van der Waals surface area contributed by atoms with E-state index in [0.29, 0.717) is 24.4 Å². The van der Waals surface area contributed by atoms with E-state index in [1.807, 2.05) is 13.8 Å². The van der Waals surface area contributed by atoms with Crippen molar-refractivity contribution >= 4 is 21.8 Å². The Labute approximate surface area is 124 Å². The molecular weight excluding hydrogens is 337 g/mol. The van der Waals surface area contributed by atoms with Crippen molar-refractivity contribution in [2.75, 3.05) is 5.33 Å². The Morgan fingerprint density at radius 1 is 1.30 bits per heavy atom. The SMILES string of the molecule is CCC(CC)(CBr)NC(=O)c1ccc(C(F)(F)F)cn1. The van der Waals surface area contributed by atoms with E-state index in [1.54, 1.807) is 0 Å². The van der Waals surface area contributed by atoms with Crippen LogP contribution in [0.5, 0.6) is 0 Å². The summed E-state index contributed by atoms with van der Waals surface area (Å²) in [6.45, 7) is 3.87. The van der Waals surface area contributed by atoms with Gasteiger partial charge in [-0.3, -0.25) is 9.78 Å². The molecule has 3 nitrogen and oxygen atoms in total. The monoisotopic (exact) mass is 352 g/mol. The summed E-state index contributed by atoms with van der Waals surface area (Å²) in [5.74, 6) is -0.470. The molecule has 112 valence electrons. The lowest BCUT2D eigenvalue weighted by Crippen LogP contribution is -2.49. The molecule has 0 aromatic carbocycles. The number of rotatable bonds is 5. The Morgan fingerprint density at radius 2 is 1.90 bits per heavy atom. The molecule has 0 saturated carbocycles. The van der Waals surface area contributed by atoms with Gasteiger partial charge >= 0.3 is 6.18 Å². The van der Waals surface area contributed by atoms with Gasteiger partial charge in [0, 0.05) is 17.1 Å². The zero-order valence-corrected chi connectivity index (χ0v) is 12.8. The van der Waals surface area contributed by atoms with Crippen molar-refractivity contribution in [1.29, 1.82) is 0 Å². The second kappa shape index (κ2) is 6.56. The minimum Gasteiger partial charge on any atom is -0.344 e. The van der Waals surface area contributed by atoms with Crippen LogP contribution in [0.1, 0.15) is 42.7 Å². The van der Waals surface area contributed by atoms with Crippen molar-refractivity contribution in [3.63, 3.8) is 0 Å². The van der Waals surface area contributed by atoms with E-state index in [1.165, 1.54) is 0 Å². The number of hydrogen-bond acceptors (Lipinski definition) is 2. The number of pyridine rings is 1. The molecule has 0 fully saturated rings. The predicted octanol–water partition coefficient (Wildman–Crippen LogP) is 3.78. The number of carbonyl (C=O) groups excluding carboxylic acids is 1. The first-order valence-corrected chi connectivity index (χ1v) is 7.32. The molecule has 1 aromatic rings. The number of hydrogen-bond donors (Lipinski definition) is 1. The number of aromatic nitrogens is 1. The summed E-state index contributed by atoms with van der Waals surface area (Å²) in [6, 6.07) is 1.94. The zero-order valence-electron chi connectivity index (χ0n) is 11.2. The quantitative estimate of drug-likeness (QED) is 0.819. The molecule has 0 unspecified atom stereocenters. The highest BCUT2D eigenvalue weighted by molar-refractivity contribution is 9.09. The van der Waals surface area contributed by atoms with Gasteiger partial charge in [0.15, 0.2) is 0 Å². The van der Waals surface area contributed by atoms with Crippen LogP contribution >= 0.6 is 15.9 Å². The summed E-state index contributed by atoms with van der Waals surface area (Å²) in [5, 5.41) is 3.39. The average Bonchev–Trinajstić information content (AvgIpc) is 2.44. The molecular formula is C13H16BrF3N2O. The molecule has 0 radical (unpaired) electrons. The first-order chi connectivity index (χ1) is 9.28. The van der Waals surface area contributed by atoms with Gasteiger partial charge in [-0.25, -0.2) is 0 Å². The normalized spacial score (nSPS) is 12.3. The van der Waals surface area contributed by atoms with Gasteiger partial charge in [0.25, 0.3) is 5.91 Å². The number of amides is 1. The fourth-order valence-electron chi connectivity index (χ4n) is 1.65. The molecule has 0 bridgehead atoms. The van der Waals surface area contributed by atoms with E-state index in [2.05, 4.69) is 26.2 Å². The minimum atomic E-state index is -4.45. The van der Waals surface area contributed by atoms with Crippen LogP contribution in [0.3, 0.4) is 0 Å². The summed E-state index contributed by atoms with van der Waals surface area (Å²) in [5.41, 5.74) is -1.31. The van der Waals surface area contributed by atoms with Crippen molar-refractivity contribution in [2.45, 2.75) is 38.4 Å². The molecule has 0 aliphatic rings. The summed E-state index contributed by atoms with van der Waals surface area (Å²) in [4.78, 5) is 15.6. The molecule has 20 heavy (non-hydrogen) atoms. The summed E-state index contributed by atoms with van der Waals surface area (Å²) < 4.78 is 37.2. The first-order valence-electron chi connectivity index (χ1n) is 6.19. The standard InChI is InChI=1S/C13H16BrF3N2O/c1-3-12(4-2,8-14)19-11(20)10-6-5-9(7-18-10)13(15,16)17/h5-7H,3-4,8H2,1-2H3,(H,19,20). The van der Waals surface area contributed by atoms with Crippen molar-refractivity contribution in [3.05, 3.63) is 29.6 Å². The van der Waals surface area contributed by atoms with E-state index in [4.69, 9.17) is 0 Å². The fourth-order valence-corrected chi connectivity index (χ4v) is 2.58. The van der Waals surface area contributed by atoms with Crippen LogP contribution in [-0.4, -0.2) is 21.8 Å². The van der Waals surface area contributed by atoms with Crippen LogP contribution < -0.4 is 5.32 Å². The van der Waals surface area contributed by atoms with Crippen molar-refractivity contribution in [1.82, 2.24) is 10.3 Å². The summed E-state index contributed by atoms with van der Waals surface area (Å²) in [7, 11) is 0. The third-order valence-corrected chi connectivity index (χ3v) is 4.38. The summed E-state index contributed by atoms with van der Waals surface area (Å²) >= 11 is 3.35. The second-order valence-electron chi connectivity index (χ2n) is 4.51. The Hall–Kier alpha value is -1.11. The fraction of sp³-hybridized carbons (Fsp3) is 0.538. The van der Waals surface area contributed by atoms with Gasteiger partial charge in [-0.1, -0.05) is 29.8 Å². The van der Waals surface area contributed by atoms with E-state index < -0.39 is 23.2 Å². The molecule has 1 amide bonds. The zero-order chi connectivity index (χ0) is 15.4. The lowest BCUT2D eigenvalue weighted by molar-refractivity contribution is -0.137. The van der Waals surface area contributed by atoms with Gasteiger partial charge in [-0.15, -0.1) is 0 Å².